The van der Waals surface area contributed by atoms with Crippen LogP contribution in [0.3, 0.4) is 0 Å². The molecule has 0 saturated heterocycles. The third kappa shape index (κ3) is 5.22. The fraction of sp³-hybridized carbons (Fsp3) is 0.400. The lowest BCUT2D eigenvalue weighted by molar-refractivity contribution is -0.119. The Bertz CT molecular complexity index is 983. The highest BCUT2D eigenvalue weighted by atomic mass is 32.2. The third-order valence-electron chi connectivity index (χ3n) is 5.13. The zero-order valence-electron chi connectivity index (χ0n) is 19.7. The molecule has 1 aliphatic rings. The molecule has 5 nitrogen and oxygen atoms in total. The summed E-state index contributed by atoms with van der Waals surface area (Å²) < 4.78 is 22.7. The number of carbonyl (C=O) groups excluding carboxylic acids is 1. The molecule has 0 aliphatic heterocycles. The summed E-state index contributed by atoms with van der Waals surface area (Å²) in [6.07, 6.45) is 2.08. The van der Waals surface area contributed by atoms with Crippen LogP contribution >= 0.6 is 11.8 Å². The van der Waals surface area contributed by atoms with Gasteiger partial charge < -0.3 is 18.6 Å². The van der Waals surface area contributed by atoms with Crippen molar-refractivity contribution >= 4 is 38.5 Å². The summed E-state index contributed by atoms with van der Waals surface area (Å²) in [7, 11) is 4.94. The van der Waals surface area contributed by atoms with Gasteiger partial charge in [-0.15, -0.1) is 11.8 Å². The minimum absolute atomic E-state index is 0.00422. The normalized spacial score (nSPS) is 16.5. The summed E-state index contributed by atoms with van der Waals surface area (Å²) in [5.74, 6) is 1.51. The number of Topliss-reactive ketones (excluding diaryl/α,β-unsaturated/α-hetero) is 1. The van der Waals surface area contributed by atoms with Crippen LogP contribution in [-0.2, 0) is 9.22 Å². The summed E-state index contributed by atoms with van der Waals surface area (Å²) in [4.78, 5) is 14.8. The van der Waals surface area contributed by atoms with E-state index in [4.69, 9.17) is 18.6 Å². The zero-order valence-corrected chi connectivity index (χ0v) is 21.5. The molecule has 0 spiro atoms. The number of benzene rings is 2. The van der Waals surface area contributed by atoms with E-state index in [2.05, 4.69) is 45.0 Å². The van der Waals surface area contributed by atoms with Crippen LogP contribution in [0.5, 0.6) is 17.2 Å². The van der Waals surface area contributed by atoms with Gasteiger partial charge in [-0.25, -0.2) is 0 Å². The van der Waals surface area contributed by atoms with Crippen LogP contribution in [0.15, 0.2) is 41.3 Å². The lowest BCUT2D eigenvalue weighted by atomic mass is 9.96. The number of ketones is 1. The van der Waals surface area contributed by atoms with Crippen molar-refractivity contribution in [1.29, 1.82) is 0 Å². The topological polar surface area (TPSA) is 54.0 Å². The molecule has 3 rings (SSSR count). The van der Waals surface area contributed by atoms with Crippen LogP contribution in [-0.4, -0.2) is 49.2 Å². The Labute approximate surface area is 197 Å². The molecular formula is C25H30O5SSi. The lowest BCUT2D eigenvalue weighted by Gasteiger charge is -2.19. The summed E-state index contributed by atoms with van der Waals surface area (Å²) >= 11 is 1.69. The zero-order chi connectivity index (χ0) is 23.5. The lowest BCUT2D eigenvalue weighted by Crippen LogP contribution is -2.26. The Morgan fingerprint density at radius 3 is 2.00 bits per heavy atom. The number of hydrogen-bond donors (Lipinski definition) is 0. The van der Waals surface area contributed by atoms with Gasteiger partial charge in [0.05, 0.1) is 21.3 Å². The molecule has 1 atom stereocenters. The molecule has 2 aromatic carbocycles. The number of ether oxygens (including phenoxy) is 3. The molecule has 32 heavy (non-hydrogen) atoms. The highest BCUT2D eigenvalue weighted by Crippen LogP contribution is 2.45. The SMILES string of the molecule is COc1cc(C2=C(c3ccc(SC)cc3)CC(O[Si]C(C)(C)C)C2=O)cc(OC)c1OC. The second-order valence-corrected chi connectivity index (χ2v) is 11.3. The molecule has 0 bridgehead atoms. The van der Waals surface area contributed by atoms with E-state index in [0.29, 0.717) is 29.2 Å². The van der Waals surface area contributed by atoms with Crippen molar-refractivity contribution in [3.63, 3.8) is 0 Å². The molecule has 0 aromatic heterocycles. The molecule has 0 N–H and O–H groups in total. The monoisotopic (exact) mass is 470 g/mol. The van der Waals surface area contributed by atoms with Crippen molar-refractivity contribution in [2.45, 2.75) is 43.2 Å². The fourth-order valence-corrected chi connectivity index (χ4v) is 4.72. The maximum Gasteiger partial charge on any atom is 0.236 e. The fourth-order valence-electron chi connectivity index (χ4n) is 3.63. The highest BCUT2D eigenvalue weighted by Gasteiger charge is 2.36. The van der Waals surface area contributed by atoms with Gasteiger partial charge in [0.1, 0.15) is 6.10 Å². The third-order valence-corrected chi connectivity index (χ3v) is 6.89. The van der Waals surface area contributed by atoms with Crippen LogP contribution in [0, 0.1) is 0 Å². The highest BCUT2D eigenvalue weighted by molar-refractivity contribution is 7.98. The molecule has 0 saturated carbocycles. The maximum absolute atomic E-state index is 13.6. The van der Waals surface area contributed by atoms with Gasteiger partial charge in [0.15, 0.2) is 17.3 Å². The van der Waals surface area contributed by atoms with E-state index in [1.807, 2.05) is 18.4 Å². The molecule has 1 aliphatic carbocycles. The molecule has 2 aromatic rings. The van der Waals surface area contributed by atoms with Crippen molar-refractivity contribution in [1.82, 2.24) is 0 Å². The standard InChI is InChI=1S/C25H30O5SSi/c1-25(2,3)32-30-19-14-18(15-8-10-17(31-7)11-9-15)22(23(19)26)16-12-20(27-4)24(29-6)21(13-16)28-5/h8-13,19H,14H2,1-7H3. The van der Waals surface area contributed by atoms with E-state index < -0.39 is 6.10 Å². The first-order valence-corrected chi connectivity index (χ1v) is 12.5. The quantitative estimate of drug-likeness (QED) is 0.373. The van der Waals surface area contributed by atoms with Crippen molar-refractivity contribution < 1.29 is 23.4 Å². The number of rotatable bonds is 8. The largest absolute Gasteiger partial charge is 0.493 e. The smallest absolute Gasteiger partial charge is 0.236 e. The number of thioether (sulfide) groups is 1. The van der Waals surface area contributed by atoms with Gasteiger partial charge in [0.2, 0.25) is 15.5 Å². The minimum Gasteiger partial charge on any atom is -0.493 e. The Balaban J connectivity index is 2.12. The van der Waals surface area contributed by atoms with Gasteiger partial charge in [-0.3, -0.25) is 4.79 Å². The van der Waals surface area contributed by atoms with Crippen LogP contribution in [0.4, 0.5) is 0 Å². The van der Waals surface area contributed by atoms with E-state index in [1.165, 1.54) is 4.90 Å². The molecular weight excluding hydrogens is 440 g/mol. The molecule has 0 fully saturated rings. The molecule has 0 amide bonds. The molecule has 7 heteroatoms. The summed E-state index contributed by atoms with van der Waals surface area (Å²) in [5.41, 5.74) is 3.37. The van der Waals surface area contributed by atoms with Crippen LogP contribution in [0.1, 0.15) is 38.3 Å². The number of hydrogen-bond acceptors (Lipinski definition) is 6. The number of carbonyl (C=O) groups is 1. The number of methoxy groups -OCH3 is 3. The Morgan fingerprint density at radius 2 is 1.53 bits per heavy atom. The first kappa shape index (κ1) is 24.4. The van der Waals surface area contributed by atoms with Gasteiger partial charge >= 0.3 is 0 Å². The van der Waals surface area contributed by atoms with Gasteiger partial charge in [-0.2, -0.15) is 0 Å². The minimum atomic E-state index is -0.503. The average Bonchev–Trinajstić information content (AvgIpc) is 3.12. The van der Waals surface area contributed by atoms with Gasteiger partial charge in [-0.1, -0.05) is 32.9 Å². The second-order valence-electron chi connectivity index (χ2n) is 8.52. The van der Waals surface area contributed by atoms with Gasteiger partial charge in [-0.05, 0) is 52.3 Å². The first-order chi connectivity index (χ1) is 15.2. The molecule has 0 heterocycles. The van der Waals surface area contributed by atoms with E-state index in [0.717, 1.165) is 16.7 Å². The van der Waals surface area contributed by atoms with E-state index >= 15 is 0 Å². The van der Waals surface area contributed by atoms with Crippen molar-refractivity contribution in [3.8, 4) is 17.2 Å². The van der Waals surface area contributed by atoms with Crippen molar-refractivity contribution in [2.24, 2.45) is 0 Å². The van der Waals surface area contributed by atoms with E-state index in [9.17, 15) is 4.79 Å². The van der Waals surface area contributed by atoms with Crippen LogP contribution in [0.2, 0.25) is 5.04 Å². The second kappa shape index (κ2) is 10.1. The van der Waals surface area contributed by atoms with E-state index in [-0.39, 0.29) is 20.6 Å². The summed E-state index contributed by atoms with van der Waals surface area (Å²) in [6.45, 7) is 6.33. The first-order valence-electron chi connectivity index (χ1n) is 10.4. The predicted octanol–water partition coefficient (Wildman–Crippen LogP) is 5.54. The Hall–Kier alpha value is -2.22. The van der Waals surface area contributed by atoms with E-state index in [1.54, 1.807) is 33.1 Å². The van der Waals surface area contributed by atoms with Gasteiger partial charge in [0.25, 0.3) is 0 Å². The Morgan fingerprint density at radius 1 is 0.938 bits per heavy atom. The predicted molar refractivity (Wildman–Crippen MR) is 131 cm³/mol. The molecule has 2 radical (unpaired) electrons. The molecule has 170 valence electrons. The average molecular weight is 471 g/mol. The molecule has 1 unspecified atom stereocenters. The summed E-state index contributed by atoms with van der Waals surface area (Å²) in [6, 6.07) is 12.0. The van der Waals surface area contributed by atoms with Crippen molar-refractivity contribution in [2.75, 3.05) is 27.6 Å². The van der Waals surface area contributed by atoms with Crippen molar-refractivity contribution in [3.05, 3.63) is 47.5 Å². The maximum atomic E-state index is 13.6. The summed E-state index contributed by atoms with van der Waals surface area (Å²) in [5, 5.41) is -0.00422. The van der Waals surface area contributed by atoms with Gasteiger partial charge in [0, 0.05) is 16.9 Å². The Kier molecular flexibility index (Phi) is 7.74. The van der Waals surface area contributed by atoms with Crippen LogP contribution < -0.4 is 14.2 Å². The van der Waals surface area contributed by atoms with Crippen LogP contribution in [0.25, 0.3) is 11.1 Å².